The largest absolute Gasteiger partial charge is 0.489 e. The van der Waals surface area contributed by atoms with Gasteiger partial charge in [-0.15, -0.1) is 0 Å². The molecule has 3 heterocycles. The standard InChI is InChI=1S/C35H47ClN6O4S3/c1-23(2)46-31-21-27(26-10-12-42(13-11-26)35(47)48-19-16-41-14-17-45-18-15-41)25(5)20-30(31)39-34-37-22-28(36)33(40-34)38-29-8-6-7-9-32(29)49(43,44)24(3)4/h6-9,20-24,26H,10-19H2,1-5H3,(H2,37,38,39,40). The third-order valence-corrected chi connectivity index (χ3v) is 12.7. The summed E-state index contributed by atoms with van der Waals surface area (Å²) in [6, 6.07) is 11.0. The number of thiocarbonyl (C=S) groups is 1. The van der Waals surface area contributed by atoms with E-state index in [9.17, 15) is 8.42 Å². The van der Waals surface area contributed by atoms with Gasteiger partial charge in [0.15, 0.2) is 15.7 Å². The number of para-hydroxylation sites is 1. The lowest BCUT2D eigenvalue weighted by molar-refractivity contribution is 0.0410. The number of nitrogens with zero attached hydrogens (tertiary/aromatic N) is 4. The van der Waals surface area contributed by atoms with Crippen molar-refractivity contribution in [2.24, 2.45) is 0 Å². The lowest BCUT2D eigenvalue weighted by Gasteiger charge is -2.35. The molecule has 49 heavy (non-hydrogen) atoms. The van der Waals surface area contributed by atoms with E-state index in [1.807, 2.05) is 13.8 Å². The van der Waals surface area contributed by atoms with E-state index in [1.54, 1.807) is 49.9 Å². The zero-order valence-electron chi connectivity index (χ0n) is 28.9. The van der Waals surface area contributed by atoms with Gasteiger partial charge in [-0.05, 0) is 88.8 Å². The summed E-state index contributed by atoms with van der Waals surface area (Å²) in [5.74, 6) is 2.70. The van der Waals surface area contributed by atoms with Crippen molar-refractivity contribution >= 4 is 72.9 Å². The summed E-state index contributed by atoms with van der Waals surface area (Å²) in [5, 5.41) is 6.12. The molecule has 0 unspecified atom stereocenters. The number of ether oxygens (including phenoxy) is 2. The summed E-state index contributed by atoms with van der Waals surface area (Å²) in [5.41, 5.74) is 3.56. The maximum atomic E-state index is 13.0. The number of piperidine rings is 1. The van der Waals surface area contributed by atoms with Crippen LogP contribution in [0.4, 0.5) is 23.1 Å². The second-order valence-corrected chi connectivity index (χ2v) is 17.5. The van der Waals surface area contributed by atoms with Crippen molar-refractivity contribution in [3.8, 4) is 5.75 Å². The number of thioether (sulfide) groups is 1. The van der Waals surface area contributed by atoms with Gasteiger partial charge < -0.3 is 25.0 Å². The van der Waals surface area contributed by atoms with Gasteiger partial charge in [0.2, 0.25) is 5.95 Å². The molecule has 3 aromatic rings. The molecule has 266 valence electrons. The van der Waals surface area contributed by atoms with Crippen molar-refractivity contribution in [3.05, 3.63) is 58.7 Å². The number of rotatable bonds is 12. The summed E-state index contributed by atoms with van der Waals surface area (Å²) >= 11 is 14.1. The highest BCUT2D eigenvalue weighted by atomic mass is 35.5. The van der Waals surface area contributed by atoms with E-state index < -0.39 is 15.1 Å². The molecule has 5 rings (SSSR count). The molecule has 14 heteroatoms. The average Bonchev–Trinajstić information content (AvgIpc) is 3.08. The summed E-state index contributed by atoms with van der Waals surface area (Å²) in [6.07, 6.45) is 3.47. The highest BCUT2D eigenvalue weighted by Gasteiger charge is 2.26. The summed E-state index contributed by atoms with van der Waals surface area (Å²) in [6.45, 7) is 16.0. The van der Waals surface area contributed by atoms with Crippen LogP contribution in [0.15, 0.2) is 47.5 Å². The first-order valence-electron chi connectivity index (χ1n) is 16.8. The van der Waals surface area contributed by atoms with Gasteiger partial charge in [-0.25, -0.2) is 13.4 Å². The molecule has 0 aliphatic carbocycles. The number of aromatic nitrogens is 2. The molecule has 2 N–H and O–H groups in total. The van der Waals surface area contributed by atoms with Crippen LogP contribution in [0.1, 0.15) is 57.6 Å². The average molecular weight is 747 g/mol. The Morgan fingerprint density at radius 3 is 2.49 bits per heavy atom. The Bertz CT molecular complexity index is 1710. The molecule has 2 aromatic carbocycles. The molecule has 2 fully saturated rings. The number of likely N-dealkylation sites (tertiary alicyclic amines) is 1. The van der Waals surface area contributed by atoms with E-state index >= 15 is 0 Å². The van der Waals surface area contributed by atoms with E-state index in [2.05, 4.69) is 49.5 Å². The zero-order chi connectivity index (χ0) is 35.1. The molecule has 10 nitrogen and oxygen atoms in total. The first-order valence-corrected chi connectivity index (χ1v) is 20.2. The van der Waals surface area contributed by atoms with Crippen molar-refractivity contribution in [2.45, 2.75) is 69.6 Å². The van der Waals surface area contributed by atoms with Crippen LogP contribution in [0.5, 0.6) is 5.75 Å². The number of halogens is 1. The lowest BCUT2D eigenvalue weighted by Crippen LogP contribution is -2.39. The van der Waals surface area contributed by atoms with Crippen molar-refractivity contribution in [1.29, 1.82) is 0 Å². The Morgan fingerprint density at radius 2 is 1.80 bits per heavy atom. The molecule has 0 radical (unpaired) electrons. The van der Waals surface area contributed by atoms with Crippen molar-refractivity contribution in [1.82, 2.24) is 19.8 Å². The number of hydrogen-bond donors (Lipinski definition) is 2. The molecule has 2 aliphatic heterocycles. The monoisotopic (exact) mass is 746 g/mol. The van der Waals surface area contributed by atoms with Gasteiger partial charge in [-0.2, -0.15) is 4.98 Å². The fourth-order valence-corrected chi connectivity index (χ4v) is 8.64. The fraction of sp³-hybridized carbons (Fsp3) is 0.514. The minimum Gasteiger partial charge on any atom is -0.489 e. The van der Waals surface area contributed by atoms with E-state index in [4.69, 9.17) is 33.3 Å². The molecular formula is C35H47ClN6O4S3. The third kappa shape index (κ3) is 9.77. The zero-order valence-corrected chi connectivity index (χ0v) is 32.1. The second-order valence-electron chi connectivity index (χ2n) is 12.9. The SMILES string of the molecule is Cc1cc(Nc2ncc(Cl)c(Nc3ccccc3S(=O)(=O)C(C)C)n2)c(OC(C)C)cc1C1CCN(C(=S)SCCN2CCOCC2)CC1. The lowest BCUT2D eigenvalue weighted by atomic mass is 9.86. The van der Waals surface area contributed by atoms with Crippen LogP contribution in [-0.4, -0.2) is 95.6 Å². The summed E-state index contributed by atoms with van der Waals surface area (Å²) in [7, 11) is -3.55. The highest BCUT2D eigenvalue weighted by Crippen LogP contribution is 2.39. The van der Waals surface area contributed by atoms with Gasteiger partial charge in [-0.1, -0.05) is 47.7 Å². The molecule has 2 saturated heterocycles. The first kappa shape index (κ1) is 37.6. The van der Waals surface area contributed by atoms with Gasteiger partial charge in [0.05, 0.1) is 47.0 Å². The summed E-state index contributed by atoms with van der Waals surface area (Å²) < 4.78 is 38.8. The predicted octanol–water partition coefficient (Wildman–Crippen LogP) is 7.42. The Kier molecular flexibility index (Phi) is 13.1. The van der Waals surface area contributed by atoms with Gasteiger partial charge in [0.1, 0.15) is 15.1 Å². The van der Waals surface area contributed by atoms with Gasteiger partial charge in [0, 0.05) is 38.5 Å². The number of benzene rings is 2. The second kappa shape index (κ2) is 17.0. The van der Waals surface area contributed by atoms with Crippen LogP contribution in [0.2, 0.25) is 5.02 Å². The van der Waals surface area contributed by atoms with E-state index in [0.717, 1.165) is 80.1 Å². The van der Waals surface area contributed by atoms with Crippen LogP contribution in [0, 0.1) is 6.92 Å². The van der Waals surface area contributed by atoms with Crippen molar-refractivity contribution in [2.75, 3.05) is 62.3 Å². The molecular weight excluding hydrogens is 700 g/mol. The van der Waals surface area contributed by atoms with Gasteiger partial charge in [-0.3, -0.25) is 4.90 Å². The van der Waals surface area contributed by atoms with Gasteiger partial charge >= 0.3 is 0 Å². The topological polar surface area (TPSA) is 109 Å². The predicted molar refractivity (Wildman–Crippen MR) is 205 cm³/mol. The smallest absolute Gasteiger partial charge is 0.229 e. The van der Waals surface area contributed by atoms with Crippen LogP contribution < -0.4 is 15.4 Å². The Labute approximate surface area is 305 Å². The molecule has 0 atom stereocenters. The fourth-order valence-electron chi connectivity index (χ4n) is 5.98. The van der Waals surface area contributed by atoms with E-state index in [-0.39, 0.29) is 21.8 Å². The van der Waals surface area contributed by atoms with E-state index in [0.29, 0.717) is 23.3 Å². The maximum absolute atomic E-state index is 13.0. The number of nitrogens with one attached hydrogen (secondary N) is 2. The van der Waals surface area contributed by atoms with Crippen LogP contribution in [0.3, 0.4) is 0 Å². The maximum Gasteiger partial charge on any atom is 0.229 e. The Morgan fingerprint density at radius 1 is 1.08 bits per heavy atom. The third-order valence-electron chi connectivity index (χ3n) is 8.72. The Balaban J connectivity index is 1.28. The molecule has 0 bridgehead atoms. The van der Waals surface area contributed by atoms with Gasteiger partial charge in [0.25, 0.3) is 0 Å². The Hall–Kier alpha value is -2.68. The van der Waals surface area contributed by atoms with Crippen molar-refractivity contribution < 1.29 is 17.9 Å². The number of sulfone groups is 1. The number of aryl methyl sites for hydroxylation is 1. The van der Waals surface area contributed by atoms with Crippen LogP contribution >= 0.6 is 35.6 Å². The normalized spacial score (nSPS) is 16.3. The quantitative estimate of drug-likeness (QED) is 0.180. The van der Waals surface area contributed by atoms with Crippen LogP contribution in [0.25, 0.3) is 0 Å². The minimum absolute atomic E-state index is 0.0485. The number of hydrogen-bond acceptors (Lipinski definition) is 11. The molecule has 2 aliphatic rings. The molecule has 0 amide bonds. The highest BCUT2D eigenvalue weighted by molar-refractivity contribution is 8.22. The van der Waals surface area contributed by atoms with Crippen LogP contribution in [-0.2, 0) is 14.6 Å². The van der Waals surface area contributed by atoms with Crippen molar-refractivity contribution in [3.63, 3.8) is 0 Å². The molecule has 1 aromatic heterocycles. The summed E-state index contributed by atoms with van der Waals surface area (Å²) in [4.78, 5) is 14.0. The number of anilines is 4. The first-order chi connectivity index (χ1) is 23.4. The minimum atomic E-state index is -3.55. The molecule has 0 saturated carbocycles. The van der Waals surface area contributed by atoms with E-state index in [1.165, 1.54) is 11.8 Å². The number of morpholine rings is 1. The molecule has 0 spiro atoms.